The fraction of sp³-hybridized carbons (Fsp3) is 0.300. The lowest BCUT2D eigenvalue weighted by molar-refractivity contribution is 0.0692. The fourth-order valence-corrected chi connectivity index (χ4v) is 3.25. The monoisotopic (exact) mass is 272 g/mol. The van der Waals surface area contributed by atoms with E-state index < -0.39 is 5.97 Å². The molecule has 2 rings (SSSR count). The van der Waals surface area contributed by atoms with Crippen LogP contribution in [0.1, 0.15) is 22.3 Å². The maximum atomic E-state index is 11.0. The van der Waals surface area contributed by atoms with Crippen molar-refractivity contribution in [1.82, 2.24) is 0 Å². The van der Waals surface area contributed by atoms with Crippen LogP contribution in [0, 0.1) is 0 Å². The molecule has 1 aliphatic heterocycles. The highest BCUT2D eigenvalue weighted by Gasteiger charge is 2.18. The van der Waals surface area contributed by atoms with Gasteiger partial charge in [0.05, 0.1) is 5.56 Å². The van der Waals surface area contributed by atoms with E-state index >= 15 is 0 Å². The lowest BCUT2D eigenvalue weighted by Gasteiger charge is -2.17. The lowest BCUT2D eigenvalue weighted by atomic mass is 10.1. The molecule has 0 spiro atoms. The Morgan fingerprint density at radius 1 is 1.50 bits per heavy atom. The molecule has 0 aromatic heterocycles. The van der Waals surface area contributed by atoms with Crippen LogP contribution in [-0.2, 0) is 6.42 Å². The van der Waals surface area contributed by atoms with Gasteiger partial charge in [0, 0.05) is 9.37 Å². The average Bonchev–Trinajstić information content (AvgIpc) is 2.16. The average molecular weight is 273 g/mol. The number of fused-ring (bicyclic) bond motifs is 1. The Balaban J connectivity index is 2.58. The molecule has 0 unspecified atom stereocenters. The Morgan fingerprint density at radius 2 is 2.29 bits per heavy atom. The largest absolute Gasteiger partial charge is 0.478 e. The van der Waals surface area contributed by atoms with Crippen molar-refractivity contribution < 1.29 is 9.90 Å². The van der Waals surface area contributed by atoms with Crippen LogP contribution in [-0.4, -0.2) is 16.8 Å². The molecule has 0 aliphatic carbocycles. The first-order valence-electron chi connectivity index (χ1n) is 4.37. The van der Waals surface area contributed by atoms with Crippen molar-refractivity contribution in [2.45, 2.75) is 17.7 Å². The Hall–Kier alpha value is -0.480. The van der Waals surface area contributed by atoms with Crippen molar-refractivity contribution >= 4 is 33.7 Å². The Labute approximate surface area is 94.8 Å². The minimum Gasteiger partial charge on any atom is -0.478 e. The van der Waals surface area contributed by atoms with Gasteiger partial charge < -0.3 is 5.11 Å². The molecular weight excluding hydrogens is 264 g/mol. The number of thioether (sulfide) groups is 1. The van der Waals surface area contributed by atoms with Crippen LogP contribution in [0.25, 0.3) is 0 Å². The quantitative estimate of drug-likeness (QED) is 0.853. The van der Waals surface area contributed by atoms with Gasteiger partial charge in [-0.25, -0.2) is 4.79 Å². The van der Waals surface area contributed by atoms with Crippen molar-refractivity contribution in [3.8, 4) is 0 Å². The maximum Gasteiger partial charge on any atom is 0.336 e. The summed E-state index contributed by atoms with van der Waals surface area (Å²) >= 11 is 4.99. The number of rotatable bonds is 1. The van der Waals surface area contributed by atoms with Crippen molar-refractivity contribution in [2.24, 2.45) is 0 Å². The standard InChI is InChI=1S/C10H9BrO2S/c11-7-4-6-2-1-3-14-9(6)8(5-7)10(12)13/h4-5H,1-3H2,(H,12,13). The number of halogens is 1. The smallest absolute Gasteiger partial charge is 0.336 e. The molecule has 74 valence electrons. The highest BCUT2D eigenvalue weighted by atomic mass is 79.9. The fourth-order valence-electron chi connectivity index (χ4n) is 1.60. The van der Waals surface area contributed by atoms with Crippen molar-refractivity contribution in [1.29, 1.82) is 0 Å². The first-order chi connectivity index (χ1) is 6.68. The molecule has 0 atom stereocenters. The zero-order chi connectivity index (χ0) is 10.1. The van der Waals surface area contributed by atoms with E-state index in [0.717, 1.165) is 33.5 Å². The summed E-state index contributed by atoms with van der Waals surface area (Å²) in [5.41, 5.74) is 1.59. The summed E-state index contributed by atoms with van der Waals surface area (Å²) < 4.78 is 0.858. The van der Waals surface area contributed by atoms with E-state index in [2.05, 4.69) is 15.9 Å². The van der Waals surface area contributed by atoms with Crippen molar-refractivity contribution in [3.63, 3.8) is 0 Å². The van der Waals surface area contributed by atoms with Gasteiger partial charge in [-0.15, -0.1) is 11.8 Å². The number of aryl methyl sites for hydroxylation is 1. The van der Waals surface area contributed by atoms with E-state index in [-0.39, 0.29) is 0 Å². The summed E-state index contributed by atoms with van der Waals surface area (Å²) in [7, 11) is 0. The molecule has 4 heteroatoms. The number of benzene rings is 1. The highest BCUT2D eigenvalue weighted by Crippen LogP contribution is 2.35. The Bertz CT molecular complexity index is 390. The summed E-state index contributed by atoms with van der Waals surface area (Å²) in [5, 5.41) is 9.03. The predicted molar refractivity (Wildman–Crippen MR) is 60.1 cm³/mol. The third-order valence-electron chi connectivity index (χ3n) is 2.20. The first kappa shape index (κ1) is 10.1. The van der Waals surface area contributed by atoms with Crippen LogP contribution >= 0.6 is 27.7 Å². The number of hydrogen-bond donors (Lipinski definition) is 1. The molecule has 0 fully saturated rings. The minimum atomic E-state index is -0.836. The van der Waals surface area contributed by atoms with Crippen LogP contribution < -0.4 is 0 Å². The summed E-state index contributed by atoms with van der Waals surface area (Å²) in [5.74, 6) is 0.187. The van der Waals surface area contributed by atoms with E-state index in [4.69, 9.17) is 5.11 Å². The third-order valence-corrected chi connectivity index (χ3v) is 3.92. The second kappa shape index (κ2) is 3.95. The van der Waals surface area contributed by atoms with Crippen molar-refractivity contribution in [3.05, 3.63) is 27.7 Å². The van der Waals surface area contributed by atoms with Crippen LogP contribution in [0.3, 0.4) is 0 Å². The maximum absolute atomic E-state index is 11.0. The highest BCUT2D eigenvalue weighted by molar-refractivity contribution is 9.10. The van der Waals surface area contributed by atoms with Gasteiger partial charge in [-0.1, -0.05) is 15.9 Å². The van der Waals surface area contributed by atoms with Gasteiger partial charge >= 0.3 is 5.97 Å². The van der Waals surface area contributed by atoms with E-state index in [1.54, 1.807) is 17.8 Å². The second-order valence-electron chi connectivity index (χ2n) is 3.20. The summed E-state index contributed by atoms with van der Waals surface area (Å²) in [4.78, 5) is 11.9. The Kier molecular flexibility index (Phi) is 2.83. The van der Waals surface area contributed by atoms with Crippen LogP contribution in [0.4, 0.5) is 0 Å². The number of aromatic carboxylic acids is 1. The normalized spacial score (nSPS) is 14.9. The lowest BCUT2D eigenvalue weighted by Crippen LogP contribution is -2.06. The third kappa shape index (κ3) is 1.81. The zero-order valence-corrected chi connectivity index (χ0v) is 9.82. The molecule has 2 nitrogen and oxygen atoms in total. The number of carboxylic acid groups (broad SMARTS) is 1. The van der Waals surface area contributed by atoms with E-state index in [1.807, 2.05) is 6.07 Å². The molecule has 1 aromatic rings. The molecule has 0 amide bonds. The van der Waals surface area contributed by atoms with Gasteiger partial charge in [0.25, 0.3) is 0 Å². The SMILES string of the molecule is O=C(O)c1cc(Br)cc2c1SCCC2. The van der Waals surface area contributed by atoms with Crippen LogP contribution in [0.15, 0.2) is 21.5 Å². The van der Waals surface area contributed by atoms with Gasteiger partial charge in [0.2, 0.25) is 0 Å². The topological polar surface area (TPSA) is 37.3 Å². The zero-order valence-electron chi connectivity index (χ0n) is 7.42. The molecule has 0 saturated heterocycles. The molecule has 1 heterocycles. The molecule has 0 saturated carbocycles. The van der Waals surface area contributed by atoms with Crippen molar-refractivity contribution in [2.75, 3.05) is 5.75 Å². The van der Waals surface area contributed by atoms with Gasteiger partial charge in [-0.2, -0.15) is 0 Å². The predicted octanol–water partition coefficient (Wildman–Crippen LogP) is 3.19. The van der Waals surface area contributed by atoms with Gasteiger partial charge in [-0.05, 0) is 36.3 Å². The molecule has 1 N–H and O–H groups in total. The van der Waals surface area contributed by atoms with E-state index in [0.29, 0.717) is 5.56 Å². The molecule has 0 radical (unpaired) electrons. The van der Waals surface area contributed by atoms with Gasteiger partial charge in [0.1, 0.15) is 0 Å². The molecular formula is C10H9BrO2S. The molecule has 1 aliphatic rings. The van der Waals surface area contributed by atoms with Crippen LogP contribution in [0.2, 0.25) is 0 Å². The Morgan fingerprint density at radius 3 is 3.00 bits per heavy atom. The molecule has 1 aromatic carbocycles. The number of carbonyl (C=O) groups is 1. The van der Waals surface area contributed by atoms with Gasteiger partial charge in [-0.3, -0.25) is 0 Å². The summed E-state index contributed by atoms with van der Waals surface area (Å²) in [6.07, 6.45) is 2.12. The first-order valence-corrected chi connectivity index (χ1v) is 6.15. The van der Waals surface area contributed by atoms with E-state index in [9.17, 15) is 4.79 Å². The number of hydrogen-bond acceptors (Lipinski definition) is 2. The van der Waals surface area contributed by atoms with E-state index in [1.165, 1.54) is 0 Å². The summed E-state index contributed by atoms with van der Waals surface area (Å²) in [6.45, 7) is 0. The summed E-state index contributed by atoms with van der Waals surface area (Å²) in [6, 6.07) is 3.70. The molecule has 0 bridgehead atoms. The number of carboxylic acids is 1. The van der Waals surface area contributed by atoms with Gasteiger partial charge in [0.15, 0.2) is 0 Å². The second-order valence-corrected chi connectivity index (χ2v) is 5.22. The minimum absolute atomic E-state index is 0.430. The van der Waals surface area contributed by atoms with Crippen LogP contribution in [0.5, 0.6) is 0 Å². The molecule has 14 heavy (non-hydrogen) atoms.